The van der Waals surface area contributed by atoms with Crippen LogP contribution in [0.4, 0.5) is 11.4 Å². The summed E-state index contributed by atoms with van der Waals surface area (Å²) in [5, 5.41) is 7.13. The van der Waals surface area contributed by atoms with Crippen molar-refractivity contribution >= 4 is 38.9 Å². The number of allylic oxidation sites excluding steroid dienone is 1. The second kappa shape index (κ2) is 8.31. The Morgan fingerprint density at radius 1 is 0.909 bits per heavy atom. The van der Waals surface area contributed by atoms with Crippen LogP contribution in [0.25, 0.3) is 0 Å². The van der Waals surface area contributed by atoms with Gasteiger partial charge in [0.15, 0.2) is 11.6 Å². The van der Waals surface area contributed by atoms with E-state index in [-0.39, 0.29) is 23.0 Å². The van der Waals surface area contributed by atoms with E-state index >= 15 is 0 Å². The van der Waals surface area contributed by atoms with E-state index in [4.69, 9.17) is 0 Å². The van der Waals surface area contributed by atoms with E-state index in [2.05, 4.69) is 40.4 Å². The highest BCUT2D eigenvalue weighted by molar-refractivity contribution is 9.10. The summed E-state index contributed by atoms with van der Waals surface area (Å²) in [6, 6.07) is 22.8. The first-order valence-corrected chi connectivity index (χ1v) is 11.9. The van der Waals surface area contributed by atoms with E-state index in [9.17, 15) is 9.59 Å². The molecule has 4 nitrogen and oxygen atoms in total. The molecule has 0 saturated carbocycles. The SMILES string of the molecule is CC1(C)CC(=O)C2=C(C1)Nc1cc(C(=O)c3ccccc3)ccc1N[C@@H]2c1ccc(Br)cc1. The van der Waals surface area contributed by atoms with Gasteiger partial charge in [-0.1, -0.05) is 72.2 Å². The average Bonchev–Trinajstić information content (AvgIpc) is 2.95. The highest BCUT2D eigenvalue weighted by Crippen LogP contribution is 2.45. The molecule has 0 amide bonds. The maximum absolute atomic E-state index is 13.4. The molecular weight excluding hydrogens is 476 g/mol. The quantitative estimate of drug-likeness (QED) is 0.384. The van der Waals surface area contributed by atoms with Crippen molar-refractivity contribution in [1.82, 2.24) is 0 Å². The predicted molar refractivity (Wildman–Crippen MR) is 135 cm³/mol. The van der Waals surface area contributed by atoms with Crippen LogP contribution in [0.2, 0.25) is 0 Å². The Labute approximate surface area is 202 Å². The van der Waals surface area contributed by atoms with E-state index < -0.39 is 0 Å². The van der Waals surface area contributed by atoms with Crippen molar-refractivity contribution in [1.29, 1.82) is 0 Å². The highest BCUT2D eigenvalue weighted by atomic mass is 79.9. The van der Waals surface area contributed by atoms with Crippen LogP contribution in [0, 0.1) is 5.41 Å². The molecule has 3 aromatic carbocycles. The highest BCUT2D eigenvalue weighted by Gasteiger charge is 2.38. The number of ketones is 2. The molecule has 0 unspecified atom stereocenters. The van der Waals surface area contributed by atoms with Gasteiger partial charge in [0.05, 0.1) is 17.4 Å². The number of carbonyl (C=O) groups is 2. The average molecular weight is 501 g/mol. The molecule has 3 aromatic rings. The van der Waals surface area contributed by atoms with E-state index in [0.29, 0.717) is 17.5 Å². The number of Topliss-reactive ketones (excluding diaryl/α,β-unsaturated/α-hetero) is 1. The van der Waals surface area contributed by atoms with Gasteiger partial charge in [0.25, 0.3) is 0 Å². The first kappa shape index (κ1) is 21.7. The molecule has 2 N–H and O–H groups in total. The number of anilines is 2. The summed E-state index contributed by atoms with van der Waals surface area (Å²) >= 11 is 3.50. The van der Waals surface area contributed by atoms with Gasteiger partial charge in [0, 0.05) is 33.3 Å². The Bertz CT molecular complexity index is 1280. The third-order valence-electron chi connectivity index (χ3n) is 6.32. The molecule has 1 heterocycles. The molecule has 2 aliphatic rings. The molecule has 0 aromatic heterocycles. The minimum Gasteiger partial charge on any atom is -0.372 e. The lowest BCUT2D eigenvalue weighted by atomic mass is 9.73. The van der Waals surface area contributed by atoms with Crippen LogP contribution in [-0.2, 0) is 4.79 Å². The molecule has 5 heteroatoms. The maximum Gasteiger partial charge on any atom is 0.193 e. The maximum atomic E-state index is 13.4. The van der Waals surface area contributed by atoms with Gasteiger partial charge < -0.3 is 10.6 Å². The summed E-state index contributed by atoms with van der Waals surface area (Å²) in [5.41, 5.74) is 5.55. The molecule has 5 rings (SSSR count). The largest absolute Gasteiger partial charge is 0.372 e. The smallest absolute Gasteiger partial charge is 0.193 e. The van der Waals surface area contributed by atoms with Crippen LogP contribution >= 0.6 is 15.9 Å². The lowest BCUT2D eigenvalue weighted by molar-refractivity contribution is -0.118. The van der Waals surface area contributed by atoms with Crippen LogP contribution < -0.4 is 10.6 Å². The van der Waals surface area contributed by atoms with E-state index in [1.807, 2.05) is 72.8 Å². The van der Waals surface area contributed by atoms with Gasteiger partial charge in [-0.25, -0.2) is 0 Å². The number of nitrogens with one attached hydrogen (secondary N) is 2. The molecule has 0 saturated heterocycles. The summed E-state index contributed by atoms with van der Waals surface area (Å²) < 4.78 is 0.993. The van der Waals surface area contributed by atoms with Crippen molar-refractivity contribution in [2.45, 2.75) is 32.7 Å². The third kappa shape index (κ3) is 4.25. The minimum atomic E-state index is -0.263. The predicted octanol–water partition coefficient (Wildman–Crippen LogP) is 6.90. The number of hydrogen-bond acceptors (Lipinski definition) is 4. The van der Waals surface area contributed by atoms with Crippen molar-refractivity contribution < 1.29 is 9.59 Å². The van der Waals surface area contributed by atoms with Crippen LogP contribution in [0.1, 0.15) is 54.2 Å². The van der Waals surface area contributed by atoms with Crippen molar-refractivity contribution in [2.75, 3.05) is 10.6 Å². The molecule has 0 radical (unpaired) electrons. The van der Waals surface area contributed by atoms with Gasteiger partial charge in [-0.15, -0.1) is 0 Å². The Kier molecular flexibility index (Phi) is 5.45. The fraction of sp³-hybridized carbons (Fsp3) is 0.214. The third-order valence-corrected chi connectivity index (χ3v) is 6.84. The van der Waals surface area contributed by atoms with Gasteiger partial charge in [-0.3, -0.25) is 9.59 Å². The number of fused-ring (bicyclic) bond motifs is 1. The molecule has 0 fully saturated rings. The van der Waals surface area contributed by atoms with Crippen LogP contribution in [0.15, 0.2) is 88.5 Å². The van der Waals surface area contributed by atoms with Crippen molar-refractivity contribution in [3.8, 4) is 0 Å². The second-order valence-electron chi connectivity index (χ2n) is 9.54. The lowest BCUT2D eigenvalue weighted by Gasteiger charge is -2.34. The van der Waals surface area contributed by atoms with Gasteiger partial charge in [-0.2, -0.15) is 0 Å². The summed E-state index contributed by atoms with van der Waals surface area (Å²) in [6.07, 6.45) is 1.27. The Morgan fingerprint density at radius 2 is 1.64 bits per heavy atom. The summed E-state index contributed by atoms with van der Waals surface area (Å²) in [5.74, 6) is 0.130. The fourth-order valence-electron chi connectivity index (χ4n) is 4.75. The lowest BCUT2D eigenvalue weighted by Crippen LogP contribution is -2.31. The number of halogens is 1. The van der Waals surface area contributed by atoms with Gasteiger partial charge in [-0.05, 0) is 47.7 Å². The zero-order valence-electron chi connectivity index (χ0n) is 18.6. The fourth-order valence-corrected chi connectivity index (χ4v) is 5.01. The molecule has 1 aliphatic heterocycles. The summed E-state index contributed by atoms with van der Waals surface area (Å²) in [4.78, 5) is 26.4. The Morgan fingerprint density at radius 3 is 2.36 bits per heavy atom. The molecule has 0 spiro atoms. The van der Waals surface area contributed by atoms with Crippen molar-refractivity contribution in [3.63, 3.8) is 0 Å². The zero-order valence-corrected chi connectivity index (χ0v) is 20.2. The molecule has 1 aliphatic carbocycles. The van der Waals surface area contributed by atoms with E-state index in [1.54, 1.807) is 0 Å². The number of carbonyl (C=O) groups excluding carboxylic acids is 2. The Hall–Kier alpha value is -3.18. The summed E-state index contributed by atoms with van der Waals surface area (Å²) in [6.45, 7) is 4.25. The number of rotatable bonds is 3. The van der Waals surface area contributed by atoms with E-state index in [0.717, 1.165) is 39.1 Å². The Balaban J connectivity index is 1.60. The van der Waals surface area contributed by atoms with Gasteiger partial charge >= 0.3 is 0 Å². The molecule has 166 valence electrons. The van der Waals surface area contributed by atoms with Crippen LogP contribution in [-0.4, -0.2) is 11.6 Å². The number of hydrogen-bond donors (Lipinski definition) is 2. The first-order valence-electron chi connectivity index (χ1n) is 11.1. The van der Waals surface area contributed by atoms with E-state index in [1.165, 1.54) is 0 Å². The molecule has 1 atom stereocenters. The first-order chi connectivity index (χ1) is 15.8. The molecular formula is C28H25BrN2O2. The van der Waals surface area contributed by atoms with Crippen LogP contribution in [0.5, 0.6) is 0 Å². The minimum absolute atomic E-state index is 0.0249. The van der Waals surface area contributed by atoms with Crippen LogP contribution in [0.3, 0.4) is 0 Å². The molecule has 0 bridgehead atoms. The normalized spacial score (nSPS) is 19.0. The number of benzene rings is 3. The van der Waals surface area contributed by atoms with Crippen molar-refractivity contribution in [3.05, 3.63) is 105 Å². The van der Waals surface area contributed by atoms with Gasteiger partial charge in [0.2, 0.25) is 0 Å². The van der Waals surface area contributed by atoms with Gasteiger partial charge in [0.1, 0.15) is 0 Å². The standard InChI is InChI=1S/C28H25BrN2O2/c1-28(2)15-23-25(24(32)16-28)26(17-8-11-20(29)12-9-17)31-21-13-10-19(14-22(21)30-23)27(33)18-6-4-3-5-7-18/h3-14,26,30-31H,15-16H2,1-2H3/t26-/m1/s1. The molecule has 33 heavy (non-hydrogen) atoms. The van der Waals surface area contributed by atoms with Crippen molar-refractivity contribution in [2.24, 2.45) is 5.41 Å². The monoisotopic (exact) mass is 500 g/mol. The summed E-state index contributed by atoms with van der Waals surface area (Å²) in [7, 11) is 0. The second-order valence-corrected chi connectivity index (χ2v) is 10.5. The topological polar surface area (TPSA) is 58.2 Å². The zero-order chi connectivity index (χ0) is 23.2.